The van der Waals surface area contributed by atoms with Gasteiger partial charge in [-0.3, -0.25) is 9.69 Å². The molecule has 2 aromatic carbocycles. The van der Waals surface area contributed by atoms with Crippen LogP contribution < -0.4 is 9.47 Å². The summed E-state index contributed by atoms with van der Waals surface area (Å²) in [6.45, 7) is 2.77. The Morgan fingerprint density at radius 1 is 1.17 bits per heavy atom. The lowest BCUT2D eigenvalue weighted by atomic mass is 9.89. The fourth-order valence-electron chi connectivity index (χ4n) is 4.85. The molecule has 6 rings (SSSR count). The molecule has 0 spiro atoms. The lowest BCUT2D eigenvalue weighted by Gasteiger charge is -2.37. The van der Waals surface area contributed by atoms with E-state index in [0.717, 1.165) is 28.3 Å². The van der Waals surface area contributed by atoms with Crippen LogP contribution in [0.4, 0.5) is 0 Å². The smallest absolute Gasteiger partial charge is 0.251 e. The van der Waals surface area contributed by atoms with E-state index in [1.165, 1.54) is 10.9 Å². The number of hydrogen-bond donors (Lipinski definition) is 1. The standard InChI is InChI=1S/C22H19N3O3S/c1-2-24-21(26)16-10-14-13-5-3-4-6-15(13)23-19(14)20(25(16)22(24)29)12-7-8-17-18(9-12)28-11-27-17/h3-9,16,20,23H,2,10-11H2,1H3/t16-,20+/m1/s1. The van der Waals surface area contributed by atoms with E-state index >= 15 is 0 Å². The maximum Gasteiger partial charge on any atom is 0.251 e. The van der Waals surface area contributed by atoms with Crippen molar-refractivity contribution >= 4 is 34.1 Å². The Bertz CT molecular complexity index is 1190. The summed E-state index contributed by atoms with van der Waals surface area (Å²) in [5, 5.41) is 1.76. The third-order valence-electron chi connectivity index (χ3n) is 6.16. The number of likely N-dealkylation sites (N-methyl/N-ethyl adjacent to an activating group) is 1. The molecule has 0 bridgehead atoms. The molecule has 1 amide bonds. The van der Waals surface area contributed by atoms with Gasteiger partial charge in [0.15, 0.2) is 16.6 Å². The Hall–Kier alpha value is -3.06. The average Bonchev–Trinajstić information content (AvgIpc) is 3.41. The van der Waals surface area contributed by atoms with Gasteiger partial charge in [0, 0.05) is 29.6 Å². The Balaban J connectivity index is 1.59. The molecule has 0 aliphatic carbocycles. The first-order valence-electron chi connectivity index (χ1n) is 9.80. The highest BCUT2D eigenvalue weighted by atomic mass is 32.1. The van der Waals surface area contributed by atoms with Crippen LogP contribution in [0.15, 0.2) is 42.5 Å². The third-order valence-corrected chi connectivity index (χ3v) is 6.59. The van der Waals surface area contributed by atoms with E-state index in [1.54, 1.807) is 4.90 Å². The zero-order valence-electron chi connectivity index (χ0n) is 15.8. The van der Waals surface area contributed by atoms with Gasteiger partial charge < -0.3 is 19.4 Å². The van der Waals surface area contributed by atoms with Crippen LogP contribution >= 0.6 is 12.2 Å². The molecule has 29 heavy (non-hydrogen) atoms. The number of para-hydroxylation sites is 1. The molecular formula is C22H19N3O3S. The lowest BCUT2D eigenvalue weighted by Crippen LogP contribution is -2.44. The van der Waals surface area contributed by atoms with Gasteiger partial charge >= 0.3 is 0 Å². The van der Waals surface area contributed by atoms with Gasteiger partial charge in [-0.05, 0) is 48.5 Å². The van der Waals surface area contributed by atoms with E-state index in [0.29, 0.717) is 18.1 Å². The van der Waals surface area contributed by atoms with Gasteiger partial charge in [0.2, 0.25) is 6.79 Å². The number of H-pyrrole nitrogens is 1. The second kappa shape index (κ2) is 5.97. The summed E-state index contributed by atoms with van der Waals surface area (Å²) in [5.41, 5.74) is 4.39. The molecule has 3 aliphatic heterocycles. The number of nitrogens with zero attached hydrogens (tertiary/aromatic N) is 2. The lowest BCUT2D eigenvalue weighted by molar-refractivity contribution is -0.128. The van der Waals surface area contributed by atoms with E-state index in [9.17, 15) is 4.79 Å². The van der Waals surface area contributed by atoms with Crippen LogP contribution in [-0.2, 0) is 11.2 Å². The molecule has 4 heterocycles. The first kappa shape index (κ1) is 16.9. The van der Waals surface area contributed by atoms with Crippen molar-refractivity contribution in [3.05, 3.63) is 59.3 Å². The second-order valence-corrected chi connectivity index (χ2v) is 7.94. The van der Waals surface area contributed by atoms with Crippen LogP contribution in [0.3, 0.4) is 0 Å². The molecule has 2 atom stereocenters. The van der Waals surface area contributed by atoms with Crippen molar-refractivity contribution in [1.29, 1.82) is 0 Å². The monoisotopic (exact) mass is 405 g/mol. The summed E-state index contributed by atoms with van der Waals surface area (Å²) in [7, 11) is 0. The minimum Gasteiger partial charge on any atom is -0.454 e. The highest BCUT2D eigenvalue weighted by molar-refractivity contribution is 7.80. The number of carbonyl (C=O) groups excluding carboxylic acids is 1. The zero-order chi connectivity index (χ0) is 19.7. The van der Waals surface area contributed by atoms with Crippen molar-refractivity contribution in [3.63, 3.8) is 0 Å². The molecule has 0 unspecified atom stereocenters. The fraction of sp³-hybridized carbons (Fsp3) is 0.273. The van der Waals surface area contributed by atoms with Gasteiger partial charge in [-0.25, -0.2) is 0 Å². The van der Waals surface area contributed by atoms with E-state index in [4.69, 9.17) is 21.7 Å². The van der Waals surface area contributed by atoms with Gasteiger partial charge in [-0.15, -0.1) is 0 Å². The Kier molecular flexibility index (Phi) is 3.47. The number of benzene rings is 2. The normalized spacial score (nSPS) is 22.4. The predicted octanol–water partition coefficient (Wildman–Crippen LogP) is 3.36. The summed E-state index contributed by atoms with van der Waals surface area (Å²) in [4.78, 5) is 20.6. The van der Waals surface area contributed by atoms with Crippen LogP contribution in [0, 0.1) is 0 Å². The Morgan fingerprint density at radius 3 is 2.86 bits per heavy atom. The molecule has 1 aromatic heterocycles. The van der Waals surface area contributed by atoms with Crippen molar-refractivity contribution in [2.45, 2.75) is 25.4 Å². The summed E-state index contributed by atoms with van der Waals surface area (Å²) in [5.74, 6) is 1.55. The van der Waals surface area contributed by atoms with Crippen molar-refractivity contribution in [2.75, 3.05) is 13.3 Å². The van der Waals surface area contributed by atoms with Gasteiger partial charge in [0.25, 0.3) is 5.91 Å². The highest BCUT2D eigenvalue weighted by Crippen LogP contribution is 2.46. The molecule has 146 valence electrons. The van der Waals surface area contributed by atoms with Crippen LogP contribution in [-0.4, -0.2) is 45.2 Å². The maximum absolute atomic E-state index is 13.2. The average molecular weight is 405 g/mol. The van der Waals surface area contributed by atoms with Gasteiger partial charge in [-0.2, -0.15) is 0 Å². The quantitative estimate of drug-likeness (QED) is 0.663. The van der Waals surface area contributed by atoms with Gasteiger partial charge in [0.1, 0.15) is 6.04 Å². The number of hydrogen-bond acceptors (Lipinski definition) is 4. The molecule has 7 heteroatoms. The number of ether oxygens (including phenoxy) is 2. The molecular weight excluding hydrogens is 386 g/mol. The Morgan fingerprint density at radius 2 is 2.00 bits per heavy atom. The van der Waals surface area contributed by atoms with Gasteiger partial charge in [-0.1, -0.05) is 24.3 Å². The first-order chi connectivity index (χ1) is 14.2. The SMILES string of the molecule is CCN1C(=O)[C@H]2Cc3c([nH]c4ccccc34)[C@H](c3ccc4c(c3)OCO4)N2C1=S. The number of fused-ring (bicyclic) bond motifs is 5. The predicted molar refractivity (Wildman–Crippen MR) is 112 cm³/mol. The number of thiocarbonyl (C=S) groups is 1. The van der Waals surface area contributed by atoms with Crippen molar-refractivity contribution < 1.29 is 14.3 Å². The summed E-state index contributed by atoms with van der Waals surface area (Å²) < 4.78 is 11.1. The van der Waals surface area contributed by atoms with Gasteiger partial charge in [0.05, 0.1) is 6.04 Å². The number of carbonyl (C=O) groups is 1. The maximum atomic E-state index is 13.2. The van der Waals surface area contributed by atoms with Crippen LogP contribution in [0.1, 0.15) is 29.8 Å². The fourth-order valence-corrected chi connectivity index (χ4v) is 5.30. The van der Waals surface area contributed by atoms with Crippen LogP contribution in [0.2, 0.25) is 0 Å². The van der Waals surface area contributed by atoms with Crippen molar-refractivity contribution in [3.8, 4) is 11.5 Å². The molecule has 1 saturated heterocycles. The minimum absolute atomic E-state index is 0.0826. The van der Waals surface area contributed by atoms with Crippen molar-refractivity contribution in [1.82, 2.24) is 14.8 Å². The molecule has 1 fully saturated rings. The number of amides is 1. The molecule has 6 nitrogen and oxygen atoms in total. The second-order valence-electron chi connectivity index (χ2n) is 7.57. The third kappa shape index (κ3) is 2.22. The summed E-state index contributed by atoms with van der Waals surface area (Å²) in [6.07, 6.45) is 0.649. The van der Waals surface area contributed by atoms with E-state index in [-0.39, 0.29) is 24.8 Å². The molecule has 0 radical (unpaired) electrons. The first-order valence-corrected chi connectivity index (χ1v) is 10.2. The van der Waals surface area contributed by atoms with Crippen molar-refractivity contribution in [2.24, 2.45) is 0 Å². The highest BCUT2D eigenvalue weighted by Gasteiger charge is 2.50. The van der Waals surface area contributed by atoms with E-state index < -0.39 is 0 Å². The number of rotatable bonds is 2. The summed E-state index contributed by atoms with van der Waals surface area (Å²) in [6, 6.07) is 13.8. The topological polar surface area (TPSA) is 57.8 Å². The minimum atomic E-state index is -0.287. The van der Waals surface area contributed by atoms with Crippen LogP contribution in [0.25, 0.3) is 10.9 Å². The molecule has 0 saturated carbocycles. The molecule has 1 N–H and O–H groups in total. The van der Waals surface area contributed by atoms with E-state index in [1.807, 2.05) is 37.3 Å². The zero-order valence-corrected chi connectivity index (χ0v) is 16.7. The number of nitrogens with one attached hydrogen (secondary N) is 1. The number of aromatic amines is 1. The van der Waals surface area contributed by atoms with E-state index in [2.05, 4.69) is 22.0 Å². The summed E-state index contributed by atoms with van der Waals surface area (Å²) >= 11 is 5.76. The molecule has 3 aliphatic rings. The van der Waals surface area contributed by atoms with Crippen LogP contribution in [0.5, 0.6) is 11.5 Å². The molecule has 3 aromatic rings. The number of aromatic nitrogens is 1. The Labute approximate surface area is 173 Å². The largest absolute Gasteiger partial charge is 0.454 e.